The zero-order valence-corrected chi connectivity index (χ0v) is 24.6. The summed E-state index contributed by atoms with van der Waals surface area (Å²) in [5.41, 5.74) is 0.206. The summed E-state index contributed by atoms with van der Waals surface area (Å²) >= 11 is 6.46. The van der Waals surface area contributed by atoms with Crippen molar-refractivity contribution in [2.45, 2.75) is 30.7 Å². The number of carbonyl (C=O) groups is 2. The third kappa shape index (κ3) is 5.92. The molecule has 10 nitrogen and oxygen atoms in total. The van der Waals surface area contributed by atoms with Gasteiger partial charge in [0.1, 0.15) is 0 Å². The van der Waals surface area contributed by atoms with Crippen LogP contribution in [-0.4, -0.2) is 80.8 Å². The fourth-order valence-electron chi connectivity index (χ4n) is 5.64. The summed E-state index contributed by atoms with van der Waals surface area (Å²) in [6, 6.07) is 12.2. The topological polar surface area (TPSA) is 126 Å². The van der Waals surface area contributed by atoms with E-state index in [1.54, 1.807) is 11.1 Å². The number of nitrogens with one attached hydrogen (secondary N) is 3. The number of halogens is 4. The zero-order chi connectivity index (χ0) is 31.9. The lowest BCUT2D eigenvalue weighted by molar-refractivity contribution is -0.267. The van der Waals surface area contributed by atoms with E-state index in [-0.39, 0.29) is 28.9 Å². The van der Waals surface area contributed by atoms with Gasteiger partial charge in [0, 0.05) is 47.4 Å². The molecule has 0 atom stereocenters. The number of para-hydroxylation sites is 1. The maximum atomic E-state index is 13.5. The van der Waals surface area contributed by atoms with Gasteiger partial charge in [-0.2, -0.15) is 13.2 Å². The average molecular weight is 640 g/mol. The largest absolute Gasteiger partial charge is 0.420 e. The molecular weight excluding hydrogens is 611 g/mol. The molecule has 4 heterocycles. The molecule has 0 unspecified atom stereocenters. The number of nitrogens with zero attached hydrogens (tertiary/aromatic N) is 4. The highest BCUT2D eigenvalue weighted by Gasteiger charge is 2.61. The molecule has 2 amide bonds. The summed E-state index contributed by atoms with van der Waals surface area (Å²) in [5.74, 6) is -0.443. The van der Waals surface area contributed by atoms with Crippen molar-refractivity contribution in [2.75, 3.05) is 41.7 Å². The lowest BCUT2D eigenvalue weighted by Gasteiger charge is -2.48. The molecule has 2 aromatic carbocycles. The average Bonchev–Trinajstić information content (AvgIpc) is 3.44. The molecule has 2 aromatic heterocycles. The van der Waals surface area contributed by atoms with E-state index in [1.807, 2.05) is 30.5 Å². The number of likely N-dealkylation sites (tertiary alicyclic amines) is 1. The molecule has 2 aliphatic heterocycles. The number of carbonyl (C=O) groups excluding carboxylic acids is 2. The molecule has 0 saturated carbocycles. The fraction of sp³-hybridized carbons (Fsp3) is 0.290. The maximum Gasteiger partial charge on any atom is 0.420 e. The molecule has 2 saturated heterocycles. The van der Waals surface area contributed by atoms with Crippen molar-refractivity contribution in [2.24, 2.45) is 0 Å². The Morgan fingerprint density at radius 3 is 2.60 bits per heavy atom. The SMILES string of the molecule is C=CC(=O)Nc1ccc(C(=O)N2CCC(Nc3ncc(Cl)c(-c4c[nH]c5ccccc45)n3)CC2)cc1N1CC(O)(C(F)(F)F)C1. The zero-order valence-electron chi connectivity index (χ0n) is 23.9. The quantitative estimate of drug-likeness (QED) is 0.204. The number of benzene rings is 2. The normalized spacial score (nSPS) is 16.7. The molecule has 234 valence electrons. The predicted molar refractivity (Wildman–Crippen MR) is 165 cm³/mol. The Hall–Kier alpha value is -4.62. The van der Waals surface area contributed by atoms with Gasteiger partial charge in [0.2, 0.25) is 11.9 Å². The van der Waals surface area contributed by atoms with E-state index in [4.69, 9.17) is 11.6 Å². The number of aromatic amines is 1. The van der Waals surface area contributed by atoms with Crippen LogP contribution in [0, 0.1) is 0 Å². The van der Waals surface area contributed by atoms with E-state index < -0.39 is 30.8 Å². The van der Waals surface area contributed by atoms with Gasteiger partial charge in [-0.3, -0.25) is 9.59 Å². The molecule has 45 heavy (non-hydrogen) atoms. The minimum absolute atomic E-state index is 0.0146. The molecule has 6 rings (SSSR count). The third-order valence-corrected chi connectivity index (χ3v) is 8.44. The first-order valence-electron chi connectivity index (χ1n) is 14.2. The molecule has 0 spiro atoms. The summed E-state index contributed by atoms with van der Waals surface area (Å²) in [7, 11) is 0. The van der Waals surface area contributed by atoms with Crippen LogP contribution in [0.4, 0.5) is 30.5 Å². The molecule has 4 N–H and O–H groups in total. The Labute approximate surface area is 260 Å². The van der Waals surface area contributed by atoms with Crippen LogP contribution in [0.25, 0.3) is 22.2 Å². The lowest BCUT2D eigenvalue weighted by Crippen LogP contribution is -2.69. The minimum Gasteiger partial charge on any atom is -0.378 e. The standard InChI is InChI=1S/C31H29ClF3N7O3/c1-2-26(43)39-24-8-7-18(13-25(24)42-16-30(45,17-42)31(33,34)35)28(44)41-11-9-19(10-12-41)38-29-37-15-22(32)27(40-29)21-14-36-23-6-4-3-5-20(21)23/h2-8,13-15,19,36,45H,1,9-12,16-17H2,(H,39,43)(H,37,38,40). The molecular formula is C31H29ClF3N7O3. The van der Waals surface area contributed by atoms with Crippen LogP contribution in [0.2, 0.25) is 5.02 Å². The second kappa shape index (κ2) is 11.7. The number of alkyl halides is 3. The van der Waals surface area contributed by atoms with Crippen LogP contribution in [-0.2, 0) is 4.79 Å². The smallest absolute Gasteiger partial charge is 0.378 e. The van der Waals surface area contributed by atoms with Crippen molar-refractivity contribution in [1.82, 2.24) is 19.9 Å². The minimum atomic E-state index is -4.81. The van der Waals surface area contributed by atoms with E-state index in [9.17, 15) is 27.9 Å². The molecule has 0 bridgehead atoms. The second-order valence-electron chi connectivity index (χ2n) is 11.2. The Balaban J connectivity index is 1.13. The van der Waals surface area contributed by atoms with Gasteiger partial charge < -0.3 is 30.5 Å². The first-order valence-corrected chi connectivity index (χ1v) is 14.6. The summed E-state index contributed by atoms with van der Waals surface area (Å²) < 4.78 is 39.8. The molecule has 0 radical (unpaired) electrons. The van der Waals surface area contributed by atoms with Crippen molar-refractivity contribution in [1.29, 1.82) is 0 Å². The number of rotatable bonds is 7. The molecule has 0 aliphatic carbocycles. The number of aromatic nitrogens is 3. The Morgan fingerprint density at radius 2 is 1.89 bits per heavy atom. The van der Waals surface area contributed by atoms with Gasteiger partial charge in [-0.15, -0.1) is 0 Å². The van der Waals surface area contributed by atoms with E-state index in [0.29, 0.717) is 42.6 Å². The molecule has 4 aromatic rings. The number of amides is 2. The van der Waals surface area contributed by atoms with Crippen LogP contribution in [0.3, 0.4) is 0 Å². The highest BCUT2D eigenvalue weighted by Crippen LogP contribution is 2.42. The van der Waals surface area contributed by atoms with Crippen LogP contribution in [0.5, 0.6) is 0 Å². The summed E-state index contributed by atoms with van der Waals surface area (Å²) in [5, 5.41) is 17.3. The predicted octanol–water partition coefficient (Wildman–Crippen LogP) is 5.23. The van der Waals surface area contributed by atoms with Gasteiger partial charge >= 0.3 is 6.18 Å². The summed E-state index contributed by atoms with van der Waals surface area (Å²) in [6.07, 6.45) is 0.836. The van der Waals surface area contributed by atoms with Gasteiger partial charge in [-0.05, 0) is 43.2 Å². The third-order valence-electron chi connectivity index (χ3n) is 8.17. The van der Waals surface area contributed by atoms with Crippen LogP contribution in [0.15, 0.2) is 67.5 Å². The second-order valence-corrected chi connectivity index (χ2v) is 11.6. The first-order chi connectivity index (χ1) is 21.5. The van der Waals surface area contributed by atoms with Gasteiger partial charge in [0.15, 0.2) is 5.60 Å². The number of H-pyrrole nitrogens is 1. The number of piperidine rings is 1. The number of hydrogen-bond acceptors (Lipinski definition) is 7. The van der Waals surface area contributed by atoms with Crippen LogP contribution < -0.4 is 15.5 Å². The molecule has 2 fully saturated rings. The molecule has 14 heteroatoms. The summed E-state index contributed by atoms with van der Waals surface area (Å²) in [6.45, 7) is 2.78. The van der Waals surface area contributed by atoms with Gasteiger partial charge in [-0.25, -0.2) is 9.97 Å². The van der Waals surface area contributed by atoms with Crippen molar-refractivity contribution in [3.63, 3.8) is 0 Å². The van der Waals surface area contributed by atoms with Crippen molar-refractivity contribution >= 4 is 51.6 Å². The molecule has 2 aliphatic rings. The monoisotopic (exact) mass is 639 g/mol. The van der Waals surface area contributed by atoms with E-state index >= 15 is 0 Å². The van der Waals surface area contributed by atoms with Crippen molar-refractivity contribution < 1.29 is 27.9 Å². The van der Waals surface area contributed by atoms with Crippen LogP contribution >= 0.6 is 11.6 Å². The lowest BCUT2D eigenvalue weighted by atomic mass is 9.92. The maximum absolute atomic E-state index is 13.5. The van der Waals surface area contributed by atoms with E-state index in [2.05, 4.69) is 32.2 Å². The number of fused-ring (bicyclic) bond motifs is 1. The summed E-state index contributed by atoms with van der Waals surface area (Å²) in [4.78, 5) is 40.6. The highest BCUT2D eigenvalue weighted by molar-refractivity contribution is 6.33. The van der Waals surface area contributed by atoms with Crippen LogP contribution in [0.1, 0.15) is 23.2 Å². The number of anilines is 3. The number of hydrogen-bond donors (Lipinski definition) is 4. The van der Waals surface area contributed by atoms with Crippen molar-refractivity contribution in [3.05, 3.63) is 78.1 Å². The highest BCUT2D eigenvalue weighted by atomic mass is 35.5. The van der Waals surface area contributed by atoms with Gasteiger partial charge in [0.25, 0.3) is 5.91 Å². The fourth-order valence-corrected chi connectivity index (χ4v) is 5.83. The number of aliphatic hydroxyl groups is 1. The van der Waals surface area contributed by atoms with E-state index in [0.717, 1.165) is 22.5 Å². The Kier molecular flexibility index (Phi) is 7.91. The van der Waals surface area contributed by atoms with Gasteiger partial charge in [0.05, 0.1) is 41.4 Å². The van der Waals surface area contributed by atoms with Gasteiger partial charge in [-0.1, -0.05) is 36.4 Å². The Morgan fingerprint density at radius 1 is 1.16 bits per heavy atom. The first kappa shape index (κ1) is 30.4. The Bertz CT molecular complexity index is 1780. The number of β-amino-alcohol motifs (C(OH)–C–C–N with tert-alkyl or cyclic N) is 1. The van der Waals surface area contributed by atoms with E-state index in [1.165, 1.54) is 23.1 Å². The van der Waals surface area contributed by atoms with Crippen molar-refractivity contribution in [3.8, 4) is 11.3 Å².